The first kappa shape index (κ1) is 18.4. The first-order valence-electron chi connectivity index (χ1n) is 1.95. The van der Waals surface area contributed by atoms with Crippen LogP contribution >= 0.6 is 0 Å². The molecule has 1 aromatic rings. The van der Waals surface area contributed by atoms with Gasteiger partial charge in [-0.1, -0.05) is 0 Å². The smallest absolute Gasteiger partial charge is 0.844 e. The minimum absolute atomic E-state index is 0. The van der Waals surface area contributed by atoms with Gasteiger partial charge in [-0.05, 0) is 0 Å². The predicted octanol–water partition coefficient (Wildman–Crippen LogP) is -11.1. The molecule has 0 atom stereocenters. The van der Waals surface area contributed by atoms with Crippen LogP contribution in [0.3, 0.4) is 0 Å². The Morgan fingerprint density at radius 3 is 1.42 bits per heavy atom. The number of rotatable bonds is 0. The van der Waals surface area contributed by atoms with E-state index in [0.29, 0.717) is 0 Å². The fourth-order valence-electron chi connectivity index (χ4n) is 0.320. The van der Waals surface area contributed by atoms with Crippen molar-refractivity contribution in [3.63, 3.8) is 0 Å². The van der Waals surface area contributed by atoms with E-state index >= 15 is 0 Å². The zero-order valence-corrected chi connectivity index (χ0v) is 7.88. The quantitative estimate of drug-likeness (QED) is 0.279. The molecule has 0 aromatic carbocycles. The zero-order chi connectivity index (χ0) is 6.85. The number of aromatic nitrogens is 3. The van der Waals surface area contributed by atoms with E-state index in [1.807, 2.05) is 0 Å². The van der Waals surface area contributed by atoms with E-state index in [-0.39, 0.29) is 61.7 Å². The monoisotopic (exact) mass is 163 g/mol. The van der Waals surface area contributed by atoms with Gasteiger partial charge in [0.2, 0.25) is 0 Å². The van der Waals surface area contributed by atoms with Gasteiger partial charge in [0.25, 0.3) is 0 Å². The van der Waals surface area contributed by atoms with Crippen LogP contribution in [0.25, 0.3) is 0 Å². The fourth-order valence-corrected chi connectivity index (χ4v) is 0.477. The van der Waals surface area contributed by atoms with Crippen molar-refractivity contribution in [1.82, 2.24) is 15.0 Å². The van der Waals surface area contributed by atoms with Crippen molar-refractivity contribution in [3.8, 4) is 12.0 Å². The topological polar surface area (TPSA) is 84.8 Å². The summed E-state index contributed by atoms with van der Waals surface area (Å²) < 4.78 is 0. The van der Waals surface area contributed by atoms with Gasteiger partial charge in [0.1, 0.15) is 0 Å². The average Bonchev–Trinajstić information content (AvgIpc) is 1.59. The maximum absolute atomic E-state index is 10.2. The molecule has 0 saturated heterocycles. The Bertz CT molecular complexity index is 188. The minimum atomic E-state index is -0.875. The summed E-state index contributed by atoms with van der Waals surface area (Å²) in [5, 5.41) is 20.1. The van der Waals surface area contributed by atoms with Crippen LogP contribution in [-0.2, 0) is 12.6 Å². The molecule has 0 amide bonds. The van der Waals surface area contributed by atoms with Crippen LogP contribution in [0.1, 0.15) is 0 Å². The Balaban J connectivity index is -0.000000270. The summed E-state index contributed by atoms with van der Waals surface area (Å²) in [5.41, 5.74) is 0. The van der Waals surface area contributed by atoms with E-state index in [2.05, 4.69) is 27.6 Å². The molecule has 0 bridgehead atoms. The van der Waals surface area contributed by atoms with Crippen LogP contribution in [-0.4, -0.2) is 15.0 Å². The van der Waals surface area contributed by atoms with Crippen molar-refractivity contribution in [2.45, 2.75) is 5.16 Å². The molecule has 1 rings (SSSR count). The summed E-state index contributed by atoms with van der Waals surface area (Å²) in [6, 6.07) is -1.75. The third-order valence-corrected chi connectivity index (χ3v) is 0.756. The van der Waals surface area contributed by atoms with Gasteiger partial charge in [-0.3, -0.25) is 9.97 Å². The molecule has 5 nitrogen and oxygen atoms in total. The van der Waals surface area contributed by atoms with Gasteiger partial charge in [0.05, 0.1) is 12.0 Å². The summed E-state index contributed by atoms with van der Waals surface area (Å²) in [5.74, 6) is 0. The molecule has 12 heavy (non-hydrogen) atoms. The Morgan fingerprint density at radius 1 is 0.833 bits per heavy atom. The van der Waals surface area contributed by atoms with Crippen LogP contribution in [0.2, 0.25) is 0 Å². The molecular formula is C3Li3N3O2S. The van der Waals surface area contributed by atoms with Crippen molar-refractivity contribution in [1.29, 1.82) is 0 Å². The molecule has 48 valence electrons. The molecule has 9 heteroatoms. The van der Waals surface area contributed by atoms with E-state index in [9.17, 15) is 10.2 Å². The van der Waals surface area contributed by atoms with Gasteiger partial charge in [0, 0.05) is 5.16 Å². The normalized spacial score (nSPS) is 7.00. The summed E-state index contributed by atoms with van der Waals surface area (Å²) in [6.45, 7) is 0. The fraction of sp³-hybridized carbons (Fsp3) is 0. The van der Waals surface area contributed by atoms with E-state index in [1.165, 1.54) is 0 Å². The van der Waals surface area contributed by atoms with Crippen LogP contribution in [0.15, 0.2) is 5.16 Å². The summed E-state index contributed by atoms with van der Waals surface area (Å²) in [4.78, 5) is 8.98. The van der Waals surface area contributed by atoms with Gasteiger partial charge >= 0.3 is 56.6 Å². The maximum atomic E-state index is 10.2. The molecular weight excluding hydrogens is 163 g/mol. The number of hydrogen-bond donors (Lipinski definition) is 0. The van der Waals surface area contributed by atoms with Crippen LogP contribution in [0.5, 0.6) is 12.0 Å². The van der Waals surface area contributed by atoms with Crippen LogP contribution in [0, 0.1) is 0 Å². The SMILES string of the molecule is [Li+].[Li+].[Li+].[O-]c1nc([O-])nc([S-])n1. The van der Waals surface area contributed by atoms with Crippen molar-refractivity contribution in [2.75, 3.05) is 0 Å². The van der Waals surface area contributed by atoms with Crippen molar-refractivity contribution in [2.24, 2.45) is 0 Å². The number of hydrogen-bond acceptors (Lipinski definition) is 6. The standard InChI is InChI=1S/C3H3N3O2S.3Li/c7-1-4-2(8)6-3(9)5-1;;;/h(H3,4,5,6,7,8,9);;;/q;3*+1/p-3. The van der Waals surface area contributed by atoms with Crippen LogP contribution in [0.4, 0.5) is 0 Å². The second-order valence-corrected chi connectivity index (χ2v) is 1.55. The predicted molar refractivity (Wildman–Crippen MR) is 24.4 cm³/mol. The summed E-state index contributed by atoms with van der Waals surface area (Å²) in [7, 11) is 0. The van der Waals surface area contributed by atoms with E-state index in [4.69, 9.17) is 0 Å². The Labute approximate surface area is 111 Å². The zero-order valence-electron chi connectivity index (χ0n) is 7.07. The molecule has 1 heterocycles. The molecule has 1 aromatic heterocycles. The molecule has 0 aliphatic rings. The Hall–Kier alpha value is 0.622. The second-order valence-electron chi connectivity index (χ2n) is 1.18. The van der Waals surface area contributed by atoms with Crippen molar-refractivity contribution in [3.05, 3.63) is 0 Å². The molecule has 0 aliphatic carbocycles. The van der Waals surface area contributed by atoms with Crippen LogP contribution < -0.4 is 66.8 Å². The Morgan fingerprint density at radius 2 is 1.17 bits per heavy atom. The largest absolute Gasteiger partial charge is 1.00 e. The molecule has 0 aliphatic heterocycles. The first-order chi connectivity index (χ1) is 4.18. The summed E-state index contributed by atoms with van der Waals surface area (Å²) in [6.07, 6.45) is 0. The summed E-state index contributed by atoms with van der Waals surface area (Å²) >= 11 is 4.32. The molecule has 0 N–H and O–H groups in total. The molecule has 0 fully saturated rings. The third kappa shape index (κ3) is 6.17. The van der Waals surface area contributed by atoms with Gasteiger partial charge in [0.15, 0.2) is 0 Å². The average molecular weight is 163 g/mol. The molecule has 0 radical (unpaired) electrons. The third-order valence-electron chi connectivity index (χ3n) is 0.574. The maximum Gasteiger partial charge on any atom is 1.00 e. The van der Waals surface area contributed by atoms with E-state index in [1.54, 1.807) is 0 Å². The molecule has 0 unspecified atom stereocenters. The van der Waals surface area contributed by atoms with Crippen molar-refractivity contribution < 1.29 is 66.8 Å². The Kier molecular flexibility index (Phi) is 12.6. The van der Waals surface area contributed by atoms with Gasteiger partial charge in [-0.2, -0.15) is 0 Å². The minimum Gasteiger partial charge on any atom is -0.844 e. The molecule has 0 spiro atoms. The van der Waals surface area contributed by atoms with Gasteiger partial charge < -0.3 is 22.8 Å². The van der Waals surface area contributed by atoms with Gasteiger partial charge in [-0.25, -0.2) is 4.98 Å². The first-order valence-corrected chi connectivity index (χ1v) is 2.36. The van der Waals surface area contributed by atoms with E-state index < -0.39 is 12.0 Å². The van der Waals surface area contributed by atoms with Gasteiger partial charge in [-0.15, -0.1) is 0 Å². The van der Waals surface area contributed by atoms with Crippen molar-refractivity contribution >= 4 is 12.6 Å². The molecule has 0 saturated carbocycles. The number of nitrogens with zero attached hydrogens (tertiary/aromatic N) is 3. The second kappa shape index (κ2) is 8.23. The van der Waals surface area contributed by atoms with E-state index in [0.717, 1.165) is 0 Å².